The minimum absolute atomic E-state index is 0.614. The molecule has 3 heterocycles. The van der Waals surface area contributed by atoms with Gasteiger partial charge in [0.15, 0.2) is 5.65 Å². The van der Waals surface area contributed by atoms with E-state index in [1.54, 1.807) is 0 Å². The van der Waals surface area contributed by atoms with Crippen LogP contribution in [0.3, 0.4) is 0 Å². The zero-order valence-electron chi connectivity index (χ0n) is 12.6. The molecule has 1 unspecified atom stereocenters. The maximum absolute atomic E-state index is 4.92. The van der Waals surface area contributed by atoms with E-state index in [0.29, 0.717) is 6.04 Å². The molecule has 1 N–H and O–H groups in total. The molecular formula is C17H24N4. The predicted molar refractivity (Wildman–Crippen MR) is 84.3 cm³/mol. The third kappa shape index (κ3) is 2.57. The van der Waals surface area contributed by atoms with Gasteiger partial charge >= 0.3 is 0 Å². The first kappa shape index (κ1) is 13.3. The number of nitrogens with one attached hydrogen (secondary N) is 1. The zero-order chi connectivity index (χ0) is 14.1. The Hall–Kier alpha value is -1.42. The maximum atomic E-state index is 4.92. The Bertz CT molecular complexity index is 606. The van der Waals surface area contributed by atoms with Gasteiger partial charge in [0.1, 0.15) is 11.3 Å². The molecule has 2 aromatic rings. The molecule has 0 aromatic carbocycles. The van der Waals surface area contributed by atoms with Crippen LogP contribution in [-0.4, -0.2) is 27.6 Å². The van der Waals surface area contributed by atoms with E-state index in [1.807, 2.05) is 12.3 Å². The molecule has 0 bridgehead atoms. The lowest BCUT2D eigenvalue weighted by atomic mass is 9.94. The van der Waals surface area contributed by atoms with E-state index >= 15 is 0 Å². The quantitative estimate of drug-likeness (QED) is 0.942. The molecule has 4 heteroatoms. The average Bonchev–Trinajstić information content (AvgIpc) is 3.15. The summed E-state index contributed by atoms with van der Waals surface area (Å²) in [6, 6.07) is 4.72. The molecule has 0 radical (unpaired) electrons. The molecule has 4 nitrogen and oxygen atoms in total. The lowest BCUT2D eigenvalue weighted by Gasteiger charge is -2.25. The minimum Gasteiger partial charge on any atom is -0.316 e. The smallest absolute Gasteiger partial charge is 0.160 e. The molecular weight excluding hydrogens is 260 g/mol. The summed E-state index contributed by atoms with van der Waals surface area (Å²) < 4.78 is 2.48. The Kier molecular flexibility index (Phi) is 3.63. The second-order valence-corrected chi connectivity index (χ2v) is 6.60. The van der Waals surface area contributed by atoms with Crippen molar-refractivity contribution in [1.29, 1.82) is 0 Å². The number of rotatable bonds is 3. The van der Waals surface area contributed by atoms with Gasteiger partial charge in [0.05, 0.1) is 0 Å². The highest BCUT2D eigenvalue weighted by Crippen LogP contribution is 2.32. The summed E-state index contributed by atoms with van der Waals surface area (Å²) in [6.07, 6.45) is 10.9. The number of hydrogen-bond donors (Lipinski definition) is 1. The van der Waals surface area contributed by atoms with Gasteiger partial charge in [-0.05, 0) is 50.4 Å². The van der Waals surface area contributed by atoms with E-state index in [2.05, 4.69) is 20.9 Å². The predicted octanol–water partition coefficient (Wildman–Crippen LogP) is 3.09. The fourth-order valence-electron chi connectivity index (χ4n) is 3.99. The van der Waals surface area contributed by atoms with Gasteiger partial charge < -0.3 is 9.88 Å². The van der Waals surface area contributed by atoms with Gasteiger partial charge in [-0.3, -0.25) is 0 Å². The lowest BCUT2D eigenvalue weighted by molar-refractivity contribution is 0.346. The molecule has 21 heavy (non-hydrogen) atoms. The van der Waals surface area contributed by atoms with E-state index in [9.17, 15) is 0 Å². The average molecular weight is 284 g/mol. The van der Waals surface area contributed by atoms with Crippen molar-refractivity contribution in [3.05, 3.63) is 24.2 Å². The number of aromatic nitrogens is 3. The molecule has 1 aliphatic heterocycles. The Balaban J connectivity index is 1.72. The summed E-state index contributed by atoms with van der Waals surface area (Å²) in [6.45, 7) is 2.30. The van der Waals surface area contributed by atoms with Crippen LogP contribution < -0.4 is 5.32 Å². The summed E-state index contributed by atoms with van der Waals surface area (Å²) in [5, 5.41) is 3.47. The minimum atomic E-state index is 0.614. The van der Waals surface area contributed by atoms with Crippen LogP contribution in [0.2, 0.25) is 0 Å². The topological polar surface area (TPSA) is 42.7 Å². The van der Waals surface area contributed by atoms with Crippen molar-refractivity contribution in [2.24, 2.45) is 5.92 Å². The molecule has 112 valence electrons. The van der Waals surface area contributed by atoms with Crippen LogP contribution in [0.25, 0.3) is 11.2 Å². The number of hydrogen-bond acceptors (Lipinski definition) is 3. The Morgan fingerprint density at radius 3 is 2.90 bits per heavy atom. The van der Waals surface area contributed by atoms with Crippen molar-refractivity contribution in [2.75, 3.05) is 13.1 Å². The number of pyridine rings is 1. The second kappa shape index (κ2) is 5.76. The largest absolute Gasteiger partial charge is 0.316 e. The molecule has 2 fully saturated rings. The fourth-order valence-corrected chi connectivity index (χ4v) is 3.99. The number of imidazole rings is 1. The van der Waals surface area contributed by atoms with Crippen LogP contribution >= 0.6 is 0 Å². The van der Waals surface area contributed by atoms with Crippen LogP contribution in [0, 0.1) is 5.92 Å². The number of fused-ring (bicyclic) bond motifs is 1. The molecule has 2 aliphatic rings. The molecule has 1 saturated carbocycles. The Labute approximate surface area is 126 Å². The molecule has 2 aromatic heterocycles. The summed E-state index contributed by atoms with van der Waals surface area (Å²) >= 11 is 0. The molecule has 0 amide bonds. The summed E-state index contributed by atoms with van der Waals surface area (Å²) in [5.41, 5.74) is 2.18. The van der Waals surface area contributed by atoms with Gasteiger partial charge in [0.2, 0.25) is 0 Å². The Morgan fingerprint density at radius 2 is 2.10 bits per heavy atom. The monoisotopic (exact) mass is 284 g/mol. The molecule has 4 rings (SSSR count). The third-order valence-electron chi connectivity index (χ3n) is 5.10. The van der Waals surface area contributed by atoms with Crippen LogP contribution in [0.4, 0.5) is 0 Å². The van der Waals surface area contributed by atoms with Crippen molar-refractivity contribution >= 4 is 11.2 Å². The normalized spacial score (nSPS) is 23.9. The molecule has 1 saturated heterocycles. The first-order valence-electron chi connectivity index (χ1n) is 8.44. The van der Waals surface area contributed by atoms with Crippen LogP contribution in [-0.2, 0) is 6.42 Å². The van der Waals surface area contributed by atoms with E-state index in [0.717, 1.165) is 36.6 Å². The number of nitrogens with zero attached hydrogens (tertiary/aromatic N) is 3. The van der Waals surface area contributed by atoms with Gasteiger partial charge in [-0.25, -0.2) is 9.97 Å². The van der Waals surface area contributed by atoms with E-state index in [-0.39, 0.29) is 0 Å². The highest BCUT2D eigenvalue weighted by Gasteiger charge is 2.24. The third-order valence-corrected chi connectivity index (χ3v) is 5.10. The standard InChI is InChI=1S/C17H24N4/c1-2-5-14(6-3-1)21-16(11-13-8-10-18-12-13)20-15-7-4-9-19-17(15)21/h4,7,9,13-14,18H,1-3,5-6,8,10-12H2. The van der Waals surface area contributed by atoms with Crippen molar-refractivity contribution in [2.45, 2.75) is 51.0 Å². The van der Waals surface area contributed by atoms with Gasteiger partial charge in [0.25, 0.3) is 0 Å². The van der Waals surface area contributed by atoms with E-state index in [1.165, 1.54) is 44.3 Å². The first-order valence-corrected chi connectivity index (χ1v) is 8.44. The van der Waals surface area contributed by atoms with Crippen molar-refractivity contribution in [3.8, 4) is 0 Å². The van der Waals surface area contributed by atoms with Gasteiger partial charge in [-0.15, -0.1) is 0 Å². The fraction of sp³-hybridized carbons (Fsp3) is 0.647. The SMILES string of the molecule is c1cnc2c(c1)nc(CC1CCNC1)n2C1CCCCC1. The molecule has 0 spiro atoms. The maximum Gasteiger partial charge on any atom is 0.160 e. The zero-order valence-corrected chi connectivity index (χ0v) is 12.6. The van der Waals surface area contributed by atoms with E-state index in [4.69, 9.17) is 4.98 Å². The van der Waals surface area contributed by atoms with Crippen molar-refractivity contribution in [3.63, 3.8) is 0 Å². The van der Waals surface area contributed by atoms with Crippen molar-refractivity contribution < 1.29 is 0 Å². The Morgan fingerprint density at radius 1 is 1.19 bits per heavy atom. The summed E-state index contributed by atoms with van der Waals surface area (Å²) in [5.74, 6) is 2.01. The van der Waals surface area contributed by atoms with Crippen LogP contribution in [0.5, 0.6) is 0 Å². The van der Waals surface area contributed by atoms with E-state index < -0.39 is 0 Å². The highest BCUT2D eigenvalue weighted by atomic mass is 15.2. The van der Waals surface area contributed by atoms with Crippen molar-refractivity contribution in [1.82, 2.24) is 19.9 Å². The van der Waals surface area contributed by atoms with Gasteiger partial charge in [0, 0.05) is 18.7 Å². The summed E-state index contributed by atoms with van der Waals surface area (Å²) in [7, 11) is 0. The molecule has 1 aliphatic carbocycles. The lowest BCUT2D eigenvalue weighted by Crippen LogP contribution is -2.19. The second-order valence-electron chi connectivity index (χ2n) is 6.60. The summed E-state index contributed by atoms with van der Waals surface area (Å²) in [4.78, 5) is 9.56. The van der Waals surface area contributed by atoms with Crippen LogP contribution in [0.15, 0.2) is 18.3 Å². The first-order chi connectivity index (χ1) is 10.4. The highest BCUT2D eigenvalue weighted by molar-refractivity contribution is 5.71. The van der Waals surface area contributed by atoms with Crippen LogP contribution in [0.1, 0.15) is 50.4 Å². The van der Waals surface area contributed by atoms with Gasteiger partial charge in [-0.1, -0.05) is 19.3 Å². The molecule has 1 atom stereocenters. The van der Waals surface area contributed by atoms with Gasteiger partial charge in [-0.2, -0.15) is 0 Å².